The molecule has 1 atom stereocenters. The van der Waals surface area contributed by atoms with Gasteiger partial charge in [0.15, 0.2) is 11.5 Å². The lowest BCUT2D eigenvalue weighted by atomic mass is 10.1. The summed E-state index contributed by atoms with van der Waals surface area (Å²) in [7, 11) is 0. The van der Waals surface area contributed by atoms with Gasteiger partial charge in [-0.2, -0.15) is 0 Å². The molecule has 1 aromatic carbocycles. The first-order valence-electron chi connectivity index (χ1n) is 5.76. The highest BCUT2D eigenvalue weighted by molar-refractivity contribution is 14.1. The van der Waals surface area contributed by atoms with E-state index in [0.717, 1.165) is 17.1 Å². The SMILES string of the molecule is C=CCOC(=O)NCC(I)c1ccc2c(c1)OCO2. The van der Waals surface area contributed by atoms with Crippen molar-refractivity contribution in [2.24, 2.45) is 0 Å². The minimum Gasteiger partial charge on any atom is -0.454 e. The number of benzene rings is 1. The van der Waals surface area contributed by atoms with E-state index in [1.807, 2.05) is 18.2 Å². The third-order valence-electron chi connectivity index (χ3n) is 2.52. The molecule has 1 unspecified atom stereocenters. The van der Waals surface area contributed by atoms with Crippen molar-refractivity contribution in [2.75, 3.05) is 19.9 Å². The number of ether oxygens (including phenoxy) is 3. The smallest absolute Gasteiger partial charge is 0.407 e. The van der Waals surface area contributed by atoms with E-state index in [1.54, 1.807) is 0 Å². The summed E-state index contributed by atoms with van der Waals surface area (Å²) in [4.78, 5) is 11.3. The van der Waals surface area contributed by atoms with E-state index in [4.69, 9.17) is 14.2 Å². The average molecular weight is 375 g/mol. The molecule has 0 aromatic heterocycles. The molecule has 2 rings (SSSR count). The van der Waals surface area contributed by atoms with Crippen LogP contribution < -0.4 is 14.8 Å². The van der Waals surface area contributed by atoms with Crippen molar-refractivity contribution in [1.29, 1.82) is 0 Å². The van der Waals surface area contributed by atoms with E-state index in [2.05, 4.69) is 34.5 Å². The predicted octanol–water partition coefficient (Wildman–Crippen LogP) is 2.80. The maximum Gasteiger partial charge on any atom is 0.407 e. The Kier molecular flexibility index (Phi) is 4.89. The molecule has 1 aliphatic rings. The van der Waals surface area contributed by atoms with E-state index >= 15 is 0 Å². The maximum atomic E-state index is 11.3. The largest absolute Gasteiger partial charge is 0.454 e. The fourth-order valence-corrected chi connectivity index (χ4v) is 2.19. The molecule has 0 aliphatic carbocycles. The normalized spacial score (nSPS) is 13.7. The van der Waals surface area contributed by atoms with Crippen molar-refractivity contribution >= 4 is 28.7 Å². The third kappa shape index (κ3) is 3.76. The topological polar surface area (TPSA) is 56.8 Å². The van der Waals surface area contributed by atoms with Crippen LogP contribution in [-0.2, 0) is 4.74 Å². The van der Waals surface area contributed by atoms with Gasteiger partial charge in [-0.05, 0) is 17.7 Å². The van der Waals surface area contributed by atoms with Crippen LogP contribution in [0.1, 0.15) is 9.49 Å². The molecule has 5 nitrogen and oxygen atoms in total. The Bertz CT molecular complexity index is 478. The Morgan fingerprint density at radius 2 is 2.32 bits per heavy atom. The number of fused-ring (bicyclic) bond motifs is 1. The zero-order chi connectivity index (χ0) is 13.7. The van der Waals surface area contributed by atoms with E-state index in [0.29, 0.717) is 6.54 Å². The van der Waals surface area contributed by atoms with Gasteiger partial charge >= 0.3 is 6.09 Å². The fourth-order valence-electron chi connectivity index (χ4n) is 1.58. The number of alkyl carbamates (subject to hydrolysis) is 1. The second-order valence-corrected chi connectivity index (χ2v) is 5.35. The number of alkyl halides is 1. The molecule has 0 saturated carbocycles. The van der Waals surface area contributed by atoms with Gasteiger partial charge in [0.2, 0.25) is 6.79 Å². The number of nitrogens with one attached hydrogen (secondary N) is 1. The highest BCUT2D eigenvalue weighted by atomic mass is 127. The van der Waals surface area contributed by atoms with Gasteiger partial charge in [0, 0.05) is 6.54 Å². The van der Waals surface area contributed by atoms with Gasteiger partial charge in [0.1, 0.15) is 6.61 Å². The van der Waals surface area contributed by atoms with Crippen LogP contribution >= 0.6 is 22.6 Å². The molecule has 19 heavy (non-hydrogen) atoms. The molecule has 1 heterocycles. The van der Waals surface area contributed by atoms with E-state index in [9.17, 15) is 4.79 Å². The standard InChI is InChI=1S/C13H14INO4/c1-2-5-17-13(16)15-7-10(14)9-3-4-11-12(6-9)19-8-18-11/h2-4,6,10H,1,5,7-8H2,(H,15,16). The lowest BCUT2D eigenvalue weighted by molar-refractivity contribution is 0.158. The lowest BCUT2D eigenvalue weighted by Gasteiger charge is -2.12. The molecule has 1 aliphatic heterocycles. The van der Waals surface area contributed by atoms with Gasteiger partial charge < -0.3 is 19.5 Å². The summed E-state index contributed by atoms with van der Waals surface area (Å²) in [5, 5.41) is 2.69. The Morgan fingerprint density at radius 3 is 3.11 bits per heavy atom. The van der Waals surface area contributed by atoms with Crippen molar-refractivity contribution in [3.63, 3.8) is 0 Å². The molecule has 6 heteroatoms. The van der Waals surface area contributed by atoms with Crippen LogP contribution in [0.3, 0.4) is 0 Å². The van der Waals surface area contributed by atoms with Crippen molar-refractivity contribution in [3.8, 4) is 11.5 Å². The lowest BCUT2D eigenvalue weighted by Crippen LogP contribution is -2.27. The van der Waals surface area contributed by atoms with E-state index in [-0.39, 0.29) is 17.3 Å². The summed E-state index contributed by atoms with van der Waals surface area (Å²) in [6, 6.07) is 5.76. The number of amides is 1. The highest BCUT2D eigenvalue weighted by Gasteiger charge is 2.16. The average Bonchev–Trinajstić information content (AvgIpc) is 2.89. The molecule has 1 N–H and O–H groups in total. The molecule has 1 aromatic rings. The molecular weight excluding hydrogens is 361 g/mol. The first kappa shape index (κ1) is 14.0. The maximum absolute atomic E-state index is 11.3. The minimum absolute atomic E-state index is 0.128. The predicted molar refractivity (Wildman–Crippen MR) is 78.9 cm³/mol. The number of carbonyl (C=O) groups is 1. The first-order chi connectivity index (χ1) is 9.20. The van der Waals surface area contributed by atoms with Gasteiger partial charge in [-0.15, -0.1) is 0 Å². The van der Waals surface area contributed by atoms with Crippen LogP contribution in [0.2, 0.25) is 0 Å². The first-order valence-corrected chi connectivity index (χ1v) is 7.00. The Labute approximate surface area is 125 Å². The molecule has 0 saturated heterocycles. The van der Waals surface area contributed by atoms with Crippen molar-refractivity contribution in [3.05, 3.63) is 36.4 Å². The monoisotopic (exact) mass is 375 g/mol. The summed E-state index contributed by atoms with van der Waals surface area (Å²) in [6.45, 7) is 4.43. The van der Waals surface area contributed by atoms with Crippen LogP contribution in [0.4, 0.5) is 4.79 Å². The van der Waals surface area contributed by atoms with E-state index in [1.165, 1.54) is 6.08 Å². The van der Waals surface area contributed by atoms with Gasteiger partial charge in [-0.3, -0.25) is 0 Å². The second-order valence-electron chi connectivity index (χ2n) is 3.85. The van der Waals surface area contributed by atoms with Crippen molar-refractivity contribution in [1.82, 2.24) is 5.32 Å². The van der Waals surface area contributed by atoms with Gasteiger partial charge in [-0.1, -0.05) is 41.3 Å². The number of hydrogen-bond acceptors (Lipinski definition) is 4. The van der Waals surface area contributed by atoms with Gasteiger partial charge in [0.05, 0.1) is 3.92 Å². The molecule has 102 valence electrons. The van der Waals surface area contributed by atoms with Crippen LogP contribution in [0, 0.1) is 0 Å². The number of hydrogen-bond donors (Lipinski definition) is 1. The molecule has 0 radical (unpaired) electrons. The molecule has 1 amide bonds. The zero-order valence-electron chi connectivity index (χ0n) is 10.2. The van der Waals surface area contributed by atoms with Crippen LogP contribution in [0.25, 0.3) is 0 Å². The van der Waals surface area contributed by atoms with Gasteiger partial charge in [-0.25, -0.2) is 4.79 Å². The third-order valence-corrected chi connectivity index (χ3v) is 3.68. The second kappa shape index (κ2) is 6.65. The molecule has 0 bridgehead atoms. The summed E-state index contributed by atoms with van der Waals surface area (Å²) in [6.07, 6.45) is 1.08. The van der Waals surface area contributed by atoms with Crippen LogP contribution in [-0.4, -0.2) is 26.0 Å². The zero-order valence-corrected chi connectivity index (χ0v) is 12.4. The molecule has 0 spiro atoms. The number of rotatable bonds is 5. The Hall–Kier alpha value is -1.44. The quantitative estimate of drug-likeness (QED) is 0.489. The summed E-state index contributed by atoms with van der Waals surface area (Å²) >= 11 is 2.26. The highest BCUT2D eigenvalue weighted by Crippen LogP contribution is 2.36. The summed E-state index contributed by atoms with van der Waals surface area (Å²) in [5.74, 6) is 1.50. The Balaban J connectivity index is 1.87. The summed E-state index contributed by atoms with van der Waals surface area (Å²) < 4.78 is 15.5. The Morgan fingerprint density at radius 1 is 1.53 bits per heavy atom. The summed E-state index contributed by atoms with van der Waals surface area (Å²) in [5.41, 5.74) is 1.06. The van der Waals surface area contributed by atoms with Crippen molar-refractivity contribution in [2.45, 2.75) is 3.92 Å². The number of carbonyl (C=O) groups excluding carboxylic acids is 1. The fraction of sp³-hybridized carbons (Fsp3) is 0.308. The number of halogens is 1. The minimum atomic E-state index is -0.442. The molecular formula is C13H14INO4. The van der Waals surface area contributed by atoms with Crippen LogP contribution in [0.5, 0.6) is 11.5 Å². The van der Waals surface area contributed by atoms with Crippen LogP contribution in [0.15, 0.2) is 30.9 Å². The van der Waals surface area contributed by atoms with Crippen molar-refractivity contribution < 1.29 is 19.0 Å². The van der Waals surface area contributed by atoms with Gasteiger partial charge in [0.25, 0.3) is 0 Å². The molecule has 0 fully saturated rings. The van der Waals surface area contributed by atoms with E-state index < -0.39 is 6.09 Å².